The summed E-state index contributed by atoms with van der Waals surface area (Å²) in [5, 5.41) is 23.4. The molecule has 0 saturated carbocycles. The van der Waals surface area contributed by atoms with Crippen LogP contribution in [0.1, 0.15) is 21.5 Å². The first-order valence-electron chi connectivity index (χ1n) is 6.09. The number of aromatic hydroxyl groups is 2. The molecule has 0 unspecified atom stereocenters. The van der Waals surface area contributed by atoms with E-state index < -0.39 is 5.91 Å². The zero-order chi connectivity index (χ0) is 15.4. The number of carbonyl (C=O) groups is 1. The van der Waals surface area contributed by atoms with Crippen LogP contribution in [0.15, 0.2) is 41.5 Å². The van der Waals surface area contributed by atoms with E-state index in [-0.39, 0.29) is 17.1 Å². The van der Waals surface area contributed by atoms with Gasteiger partial charge in [0.15, 0.2) is 0 Å². The Bertz CT molecular complexity index is 714. The van der Waals surface area contributed by atoms with Gasteiger partial charge in [0.05, 0.1) is 11.8 Å². The zero-order valence-electron chi connectivity index (χ0n) is 11.2. The van der Waals surface area contributed by atoms with E-state index in [1.165, 1.54) is 24.4 Å². The number of rotatable bonds is 3. The van der Waals surface area contributed by atoms with Gasteiger partial charge in [0.25, 0.3) is 5.91 Å². The average molecular weight is 305 g/mol. The summed E-state index contributed by atoms with van der Waals surface area (Å²) in [5.41, 5.74) is 3.66. The number of hydrogen-bond acceptors (Lipinski definition) is 4. The van der Waals surface area contributed by atoms with Crippen molar-refractivity contribution in [3.63, 3.8) is 0 Å². The Morgan fingerprint density at radius 2 is 1.95 bits per heavy atom. The quantitative estimate of drug-likeness (QED) is 0.602. The third kappa shape index (κ3) is 3.73. The van der Waals surface area contributed by atoms with Gasteiger partial charge in [0.2, 0.25) is 0 Å². The molecule has 0 saturated heterocycles. The van der Waals surface area contributed by atoms with Crippen molar-refractivity contribution < 1.29 is 15.0 Å². The monoisotopic (exact) mass is 304 g/mol. The first-order chi connectivity index (χ1) is 9.97. The molecule has 0 aliphatic rings. The number of amides is 1. The highest BCUT2D eigenvalue weighted by Crippen LogP contribution is 2.20. The number of benzene rings is 2. The van der Waals surface area contributed by atoms with Gasteiger partial charge < -0.3 is 10.2 Å². The minimum atomic E-state index is -0.544. The molecule has 2 rings (SSSR count). The predicted molar refractivity (Wildman–Crippen MR) is 81.0 cm³/mol. The van der Waals surface area contributed by atoms with Gasteiger partial charge in [0, 0.05) is 10.6 Å². The van der Waals surface area contributed by atoms with Crippen LogP contribution in [0.2, 0.25) is 5.02 Å². The second-order valence-electron chi connectivity index (χ2n) is 4.42. The lowest BCUT2D eigenvalue weighted by Gasteiger charge is -2.04. The Kier molecular flexibility index (Phi) is 4.45. The number of phenols is 2. The fourth-order valence-corrected chi connectivity index (χ4v) is 1.85. The number of nitrogens with zero attached hydrogens (tertiary/aromatic N) is 1. The number of hydrazone groups is 1. The molecule has 0 aliphatic heterocycles. The zero-order valence-corrected chi connectivity index (χ0v) is 11.9. The summed E-state index contributed by atoms with van der Waals surface area (Å²) in [7, 11) is 0. The van der Waals surface area contributed by atoms with E-state index in [1.54, 1.807) is 18.2 Å². The highest BCUT2D eigenvalue weighted by molar-refractivity contribution is 6.30. The van der Waals surface area contributed by atoms with E-state index >= 15 is 0 Å². The Morgan fingerprint density at radius 1 is 1.19 bits per heavy atom. The summed E-state index contributed by atoms with van der Waals surface area (Å²) in [5.74, 6) is -0.701. The third-order valence-electron chi connectivity index (χ3n) is 2.76. The lowest BCUT2D eigenvalue weighted by Crippen LogP contribution is -2.17. The van der Waals surface area contributed by atoms with Crippen LogP contribution in [0.3, 0.4) is 0 Å². The van der Waals surface area contributed by atoms with E-state index in [0.717, 1.165) is 5.56 Å². The molecule has 2 aromatic rings. The molecule has 0 radical (unpaired) electrons. The van der Waals surface area contributed by atoms with Crippen molar-refractivity contribution in [3.05, 3.63) is 58.1 Å². The van der Waals surface area contributed by atoms with Crippen LogP contribution in [0.25, 0.3) is 0 Å². The molecule has 6 heteroatoms. The van der Waals surface area contributed by atoms with E-state index in [9.17, 15) is 15.0 Å². The van der Waals surface area contributed by atoms with Gasteiger partial charge in [0.1, 0.15) is 11.5 Å². The van der Waals surface area contributed by atoms with Crippen LogP contribution < -0.4 is 5.43 Å². The van der Waals surface area contributed by atoms with Crippen molar-refractivity contribution in [1.29, 1.82) is 0 Å². The van der Waals surface area contributed by atoms with Crippen molar-refractivity contribution in [2.75, 3.05) is 0 Å². The highest BCUT2D eigenvalue weighted by atomic mass is 35.5. The summed E-state index contributed by atoms with van der Waals surface area (Å²) < 4.78 is 0. The first-order valence-corrected chi connectivity index (χ1v) is 6.46. The number of aryl methyl sites for hydroxylation is 1. The fourth-order valence-electron chi connectivity index (χ4n) is 1.68. The average Bonchev–Trinajstić information content (AvgIpc) is 2.41. The molecule has 1 amide bonds. The van der Waals surface area contributed by atoms with Gasteiger partial charge in [-0.1, -0.05) is 17.7 Å². The summed E-state index contributed by atoms with van der Waals surface area (Å²) in [6, 6.07) is 9.24. The second kappa shape index (κ2) is 6.28. The van der Waals surface area contributed by atoms with Crippen molar-refractivity contribution >= 4 is 23.7 Å². The Balaban J connectivity index is 2.08. The first kappa shape index (κ1) is 14.9. The molecule has 5 nitrogen and oxygen atoms in total. The number of halogens is 1. The van der Waals surface area contributed by atoms with Crippen molar-refractivity contribution in [1.82, 2.24) is 5.43 Å². The van der Waals surface area contributed by atoms with Crippen LogP contribution >= 0.6 is 11.6 Å². The molecule has 0 bridgehead atoms. The molecule has 21 heavy (non-hydrogen) atoms. The number of phenolic OH excluding ortho intramolecular Hbond substituents is 2. The highest BCUT2D eigenvalue weighted by Gasteiger charge is 2.09. The van der Waals surface area contributed by atoms with Crippen LogP contribution in [0, 0.1) is 6.92 Å². The molecule has 2 aromatic carbocycles. The molecular weight excluding hydrogens is 292 g/mol. The van der Waals surface area contributed by atoms with Crippen LogP contribution in [0.5, 0.6) is 11.5 Å². The van der Waals surface area contributed by atoms with E-state index in [4.69, 9.17) is 11.6 Å². The second-order valence-corrected chi connectivity index (χ2v) is 4.86. The summed E-state index contributed by atoms with van der Waals surface area (Å²) in [4.78, 5) is 11.8. The van der Waals surface area contributed by atoms with Gasteiger partial charge in [-0.3, -0.25) is 4.79 Å². The molecule has 0 fully saturated rings. The lowest BCUT2D eigenvalue weighted by molar-refractivity contribution is 0.0952. The normalized spacial score (nSPS) is 10.8. The molecule has 0 aliphatic carbocycles. The van der Waals surface area contributed by atoms with E-state index in [2.05, 4.69) is 10.5 Å². The predicted octanol–water partition coefficient (Wildman–Crippen LogP) is 2.82. The summed E-state index contributed by atoms with van der Waals surface area (Å²) in [6.45, 7) is 1.81. The fraction of sp³-hybridized carbons (Fsp3) is 0.0667. The largest absolute Gasteiger partial charge is 0.507 e. The van der Waals surface area contributed by atoms with Gasteiger partial charge in [-0.2, -0.15) is 5.10 Å². The molecule has 0 heterocycles. The van der Waals surface area contributed by atoms with Crippen LogP contribution in [-0.4, -0.2) is 22.3 Å². The summed E-state index contributed by atoms with van der Waals surface area (Å²) in [6.07, 6.45) is 1.29. The number of hydrogen-bond donors (Lipinski definition) is 3. The minimum absolute atomic E-state index is 0.0429. The van der Waals surface area contributed by atoms with Gasteiger partial charge in [-0.15, -0.1) is 0 Å². The Hall–Kier alpha value is -2.53. The van der Waals surface area contributed by atoms with Crippen molar-refractivity contribution in [3.8, 4) is 11.5 Å². The lowest BCUT2D eigenvalue weighted by atomic mass is 10.1. The van der Waals surface area contributed by atoms with Crippen LogP contribution in [-0.2, 0) is 0 Å². The maximum Gasteiger partial charge on any atom is 0.275 e. The standard InChI is InChI=1S/C15H13ClN2O3/c1-9-2-5-12(14(20)6-9)15(21)18-17-8-10-3-4-11(16)7-13(10)19/h2-8,19-20H,1H3,(H,18,21). The molecule has 3 N–H and O–H groups in total. The molecule has 0 atom stereocenters. The number of nitrogens with one attached hydrogen (secondary N) is 1. The topological polar surface area (TPSA) is 81.9 Å². The minimum Gasteiger partial charge on any atom is -0.507 e. The molecule has 108 valence electrons. The van der Waals surface area contributed by atoms with Crippen molar-refractivity contribution in [2.24, 2.45) is 5.10 Å². The third-order valence-corrected chi connectivity index (χ3v) is 3.00. The van der Waals surface area contributed by atoms with Crippen molar-refractivity contribution in [2.45, 2.75) is 6.92 Å². The Labute approximate surface area is 126 Å². The maximum absolute atomic E-state index is 11.8. The molecule has 0 spiro atoms. The molecule has 0 aromatic heterocycles. The van der Waals surface area contributed by atoms with E-state index in [1.807, 2.05) is 6.92 Å². The van der Waals surface area contributed by atoms with Gasteiger partial charge in [-0.05, 0) is 42.8 Å². The van der Waals surface area contributed by atoms with Gasteiger partial charge >= 0.3 is 0 Å². The SMILES string of the molecule is Cc1ccc(C(=O)NN=Cc2ccc(Cl)cc2O)c(O)c1. The molecular formula is C15H13ClN2O3. The number of carbonyl (C=O) groups excluding carboxylic acids is 1. The summed E-state index contributed by atoms with van der Waals surface area (Å²) >= 11 is 5.71. The smallest absolute Gasteiger partial charge is 0.275 e. The van der Waals surface area contributed by atoms with Crippen LogP contribution in [0.4, 0.5) is 0 Å². The van der Waals surface area contributed by atoms with Gasteiger partial charge in [-0.25, -0.2) is 5.43 Å². The Morgan fingerprint density at radius 3 is 2.62 bits per heavy atom. The van der Waals surface area contributed by atoms with E-state index in [0.29, 0.717) is 10.6 Å². The maximum atomic E-state index is 11.8.